The minimum atomic E-state index is 0. The fraction of sp³-hybridized carbons (Fsp3) is 0.586. The van der Waals surface area contributed by atoms with Crippen LogP contribution in [-0.4, -0.2) is 64.5 Å². The van der Waals surface area contributed by atoms with Crippen LogP contribution in [0.3, 0.4) is 0 Å². The number of fused-ring (bicyclic) bond motifs is 1. The fourth-order valence-corrected chi connectivity index (χ4v) is 4.34. The highest BCUT2D eigenvalue weighted by Gasteiger charge is 2.14. The molecular formula is C29H48N6. The average Bonchev–Trinajstić information content (AvgIpc) is 3.30. The molecule has 0 atom stereocenters. The van der Waals surface area contributed by atoms with E-state index in [0.29, 0.717) is 5.95 Å². The quantitative estimate of drug-likeness (QED) is 0.295. The maximum absolute atomic E-state index is 4.61. The van der Waals surface area contributed by atoms with Crippen LogP contribution in [0.15, 0.2) is 36.7 Å². The van der Waals surface area contributed by atoms with Gasteiger partial charge in [0.25, 0.3) is 0 Å². The molecule has 2 N–H and O–H groups in total. The van der Waals surface area contributed by atoms with E-state index >= 15 is 0 Å². The Kier molecular flexibility index (Phi) is 11.5. The van der Waals surface area contributed by atoms with Gasteiger partial charge in [-0.2, -0.15) is 4.98 Å². The highest BCUT2D eigenvalue weighted by atomic mass is 15.2. The molecule has 0 aliphatic carbocycles. The average molecular weight is 481 g/mol. The second-order valence-corrected chi connectivity index (χ2v) is 9.78. The number of hydrogen-bond donors (Lipinski definition) is 2. The van der Waals surface area contributed by atoms with E-state index in [-0.39, 0.29) is 1.43 Å². The molecule has 0 radical (unpaired) electrons. The van der Waals surface area contributed by atoms with Crippen LogP contribution in [0.25, 0.3) is 22.2 Å². The molecule has 0 saturated carbocycles. The van der Waals surface area contributed by atoms with Crippen LogP contribution in [0.5, 0.6) is 0 Å². The molecule has 0 unspecified atom stereocenters. The Bertz CT molecular complexity index is 975. The first-order valence-electron chi connectivity index (χ1n) is 13.7. The summed E-state index contributed by atoms with van der Waals surface area (Å²) in [5, 5.41) is 4.35. The van der Waals surface area contributed by atoms with E-state index in [4.69, 9.17) is 0 Å². The number of benzene rings is 1. The zero-order valence-corrected chi connectivity index (χ0v) is 22.4. The number of nitrogens with one attached hydrogen (secondary N) is 2. The normalized spacial score (nSPS) is 14.6. The predicted molar refractivity (Wildman–Crippen MR) is 152 cm³/mol. The van der Waals surface area contributed by atoms with Crippen LogP contribution in [0.4, 0.5) is 5.95 Å². The second kappa shape index (κ2) is 14.8. The summed E-state index contributed by atoms with van der Waals surface area (Å²) in [5.74, 6) is 0.692. The molecular weight excluding hydrogens is 432 g/mol. The SMILES string of the molecule is CCCCCCC.CCCCNc1ncc2c(-c3ccc(CN4CCN(C)CC4)cc3)c[nH]c2n1.[HH]. The van der Waals surface area contributed by atoms with Gasteiger partial charge in [0.15, 0.2) is 0 Å². The first kappa shape index (κ1) is 27.2. The van der Waals surface area contributed by atoms with E-state index in [1.807, 2.05) is 12.4 Å². The van der Waals surface area contributed by atoms with Gasteiger partial charge in [-0.1, -0.05) is 83.6 Å². The first-order valence-corrected chi connectivity index (χ1v) is 13.7. The smallest absolute Gasteiger partial charge is 0.224 e. The largest absolute Gasteiger partial charge is 0.354 e. The Morgan fingerprint density at radius 3 is 2.26 bits per heavy atom. The van der Waals surface area contributed by atoms with Crippen LogP contribution in [0, 0.1) is 0 Å². The number of unbranched alkanes of at least 4 members (excludes halogenated alkanes) is 5. The van der Waals surface area contributed by atoms with E-state index in [1.165, 1.54) is 43.2 Å². The third kappa shape index (κ3) is 8.62. The number of nitrogens with zero attached hydrogens (tertiary/aromatic N) is 4. The number of hydrogen-bond acceptors (Lipinski definition) is 5. The molecule has 1 saturated heterocycles. The fourth-order valence-electron chi connectivity index (χ4n) is 4.34. The second-order valence-electron chi connectivity index (χ2n) is 9.78. The van der Waals surface area contributed by atoms with Crippen LogP contribution >= 0.6 is 0 Å². The molecule has 6 heteroatoms. The lowest BCUT2D eigenvalue weighted by Crippen LogP contribution is -2.43. The summed E-state index contributed by atoms with van der Waals surface area (Å²) in [6.07, 6.45) is 13.2. The summed E-state index contributed by atoms with van der Waals surface area (Å²) in [6.45, 7) is 13.2. The Morgan fingerprint density at radius 1 is 0.914 bits per heavy atom. The van der Waals surface area contributed by atoms with Gasteiger partial charge in [0.1, 0.15) is 5.65 Å². The summed E-state index contributed by atoms with van der Waals surface area (Å²) in [6, 6.07) is 8.91. The van der Waals surface area contributed by atoms with Gasteiger partial charge in [-0.3, -0.25) is 4.90 Å². The molecule has 0 spiro atoms. The standard InChI is InChI=1S/C22H30N6.C7H16.H2/c1-3-4-9-23-22-25-15-20-19(14-24-21(20)26-22)18-7-5-17(6-8-18)16-28-12-10-27(2)11-13-28;1-3-5-7-6-4-2;/h5-8,14-15H,3-4,9-13,16H2,1-2H3,(H2,23,24,25,26);3-7H2,1-2H3;1H. The Balaban J connectivity index is 0.000000503. The number of rotatable bonds is 11. The summed E-state index contributed by atoms with van der Waals surface area (Å²) in [7, 11) is 2.20. The lowest BCUT2D eigenvalue weighted by atomic mass is 10.0. The van der Waals surface area contributed by atoms with Gasteiger partial charge in [0, 0.05) is 64.0 Å². The molecule has 1 aliphatic heterocycles. The minimum absolute atomic E-state index is 0. The zero-order chi connectivity index (χ0) is 24.9. The van der Waals surface area contributed by atoms with Crippen molar-refractivity contribution in [1.29, 1.82) is 0 Å². The number of H-pyrrole nitrogens is 1. The van der Waals surface area contributed by atoms with Crippen molar-refractivity contribution in [1.82, 2.24) is 24.8 Å². The molecule has 194 valence electrons. The lowest BCUT2D eigenvalue weighted by Gasteiger charge is -2.32. The predicted octanol–water partition coefficient (Wildman–Crippen LogP) is 6.81. The summed E-state index contributed by atoms with van der Waals surface area (Å²) >= 11 is 0. The molecule has 35 heavy (non-hydrogen) atoms. The Morgan fingerprint density at radius 2 is 1.60 bits per heavy atom. The summed E-state index contributed by atoms with van der Waals surface area (Å²) in [5.41, 5.74) is 4.60. The molecule has 6 nitrogen and oxygen atoms in total. The maximum Gasteiger partial charge on any atom is 0.224 e. The van der Waals surface area contributed by atoms with Crippen molar-refractivity contribution in [2.75, 3.05) is 45.1 Å². The highest BCUT2D eigenvalue weighted by Crippen LogP contribution is 2.28. The van der Waals surface area contributed by atoms with Crippen molar-refractivity contribution in [3.05, 3.63) is 42.2 Å². The van der Waals surface area contributed by atoms with E-state index < -0.39 is 0 Å². The minimum Gasteiger partial charge on any atom is -0.354 e. The van der Waals surface area contributed by atoms with Gasteiger partial charge < -0.3 is 15.2 Å². The van der Waals surface area contributed by atoms with Gasteiger partial charge >= 0.3 is 0 Å². The van der Waals surface area contributed by atoms with Crippen molar-refractivity contribution in [3.8, 4) is 11.1 Å². The molecule has 0 bridgehead atoms. The molecule has 2 aromatic heterocycles. The van der Waals surface area contributed by atoms with Gasteiger partial charge in [0.2, 0.25) is 5.95 Å². The van der Waals surface area contributed by atoms with Crippen molar-refractivity contribution < 1.29 is 1.43 Å². The van der Waals surface area contributed by atoms with E-state index in [9.17, 15) is 0 Å². The van der Waals surface area contributed by atoms with E-state index in [0.717, 1.165) is 68.7 Å². The molecule has 4 rings (SSSR count). The third-order valence-corrected chi connectivity index (χ3v) is 6.72. The molecule has 1 fully saturated rings. The molecule has 1 aliphatic rings. The third-order valence-electron chi connectivity index (χ3n) is 6.72. The topological polar surface area (TPSA) is 60.1 Å². The van der Waals surface area contributed by atoms with Crippen molar-refractivity contribution in [3.63, 3.8) is 0 Å². The number of aromatic nitrogens is 3. The number of piperazine rings is 1. The van der Waals surface area contributed by atoms with Gasteiger partial charge in [-0.05, 0) is 24.6 Å². The van der Waals surface area contributed by atoms with Crippen molar-refractivity contribution in [2.24, 2.45) is 0 Å². The van der Waals surface area contributed by atoms with Crippen LogP contribution in [-0.2, 0) is 6.54 Å². The van der Waals surface area contributed by atoms with Gasteiger partial charge in [-0.25, -0.2) is 4.98 Å². The van der Waals surface area contributed by atoms with Crippen LogP contribution in [0.1, 0.15) is 72.7 Å². The van der Waals surface area contributed by atoms with Gasteiger partial charge in [-0.15, -0.1) is 0 Å². The highest BCUT2D eigenvalue weighted by molar-refractivity contribution is 5.93. The molecule has 0 amide bonds. The van der Waals surface area contributed by atoms with Crippen LogP contribution < -0.4 is 5.32 Å². The van der Waals surface area contributed by atoms with E-state index in [2.05, 4.69) is 82.2 Å². The lowest BCUT2D eigenvalue weighted by molar-refractivity contribution is 0.148. The summed E-state index contributed by atoms with van der Waals surface area (Å²) < 4.78 is 0. The number of aromatic amines is 1. The number of anilines is 1. The summed E-state index contributed by atoms with van der Waals surface area (Å²) in [4.78, 5) is 17.3. The van der Waals surface area contributed by atoms with Crippen LogP contribution in [0.2, 0.25) is 0 Å². The van der Waals surface area contributed by atoms with Crippen molar-refractivity contribution in [2.45, 2.75) is 72.3 Å². The van der Waals surface area contributed by atoms with Gasteiger partial charge in [0.05, 0.1) is 0 Å². The monoisotopic (exact) mass is 480 g/mol. The van der Waals surface area contributed by atoms with Crippen molar-refractivity contribution >= 4 is 17.0 Å². The maximum atomic E-state index is 4.61. The molecule has 3 heterocycles. The zero-order valence-electron chi connectivity index (χ0n) is 22.4. The Hall–Kier alpha value is -2.44. The molecule has 3 aromatic rings. The number of likely N-dealkylation sites (N-methyl/N-ethyl adjacent to an activating group) is 1. The molecule has 1 aromatic carbocycles. The van der Waals surface area contributed by atoms with E-state index in [1.54, 1.807) is 0 Å². The Labute approximate surface area is 214 Å². The first-order chi connectivity index (χ1) is 17.1.